The van der Waals surface area contributed by atoms with Crippen molar-refractivity contribution in [1.29, 1.82) is 0 Å². The van der Waals surface area contributed by atoms with Crippen LogP contribution in [0, 0.1) is 10.8 Å². The molecular weight excluding hydrogens is 684 g/mol. The molecular formula is C39H52N4O10. The van der Waals surface area contributed by atoms with Gasteiger partial charge in [0.25, 0.3) is 11.8 Å². The molecule has 0 aromatic heterocycles. The van der Waals surface area contributed by atoms with Crippen molar-refractivity contribution in [3.05, 3.63) is 35.4 Å². The molecule has 2 aliphatic carbocycles. The van der Waals surface area contributed by atoms with Crippen LogP contribution in [0.25, 0.3) is 0 Å². The molecule has 0 radical (unpaired) electrons. The summed E-state index contributed by atoms with van der Waals surface area (Å²) in [5.74, 6) is 0.601. The Balaban J connectivity index is 0.999. The molecule has 2 aromatic carbocycles. The first kappa shape index (κ1) is 37.9. The number of unbranched alkanes of at least 4 members (excludes halogenated alkanes) is 2. The number of ether oxygens (including phenoxy) is 6. The van der Waals surface area contributed by atoms with Crippen LogP contribution in [-0.2, 0) is 19.1 Å². The highest BCUT2D eigenvalue weighted by molar-refractivity contribution is 6.01. The first-order valence-electron chi connectivity index (χ1n) is 18.5. The standard InChI is InChI=1S/C39H52N4O10/c1-24(44)52-21-26-19-38(9-10-38)22-42(26)36(46)27-15-31(48-4)33(17-29(27)40)50-13-7-6-8-14-51-34-18-30(41-3)28(16-32(34)49-5)37(47)43-23-39(11-12-39)20-35(43)53-25(2)45/h15-18,26,35,41H,6-14,19-23,40H2,1-5H3/t26-,35+/m0/s1. The summed E-state index contributed by atoms with van der Waals surface area (Å²) in [6, 6.07) is 6.50. The van der Waals surface area contributed by atoms with E-state index in [9.17, 15) is 19.2 Å². The maximum atomic E-state index is 13.8. The molecule has 2 saturated heterocycles. The molecule has 53 heavy (non-hydrogen) atoms. The lowest BCUT2D eigenvalue weighted by Crippen LogP contribution is -2.39. The average molecular weight is 737 g/mol. The van der Waals surface area contributed by atoms with Gasteiger partial charge in [0.1, 0.15) is 6.61 Å². The zero-order valence-electron chi connectivity index (χ0n) is 31.4. The summed E-state index contributed by atoms with van der Waals surface area (Å²) < 4.78 is 34.1. The van der Waals surface area contributed by atoms with Crippen molar-refractivity contribution in [2.24, 2.45) is 10.8 Å². The lowest BCUT2D eigenvalue weighted by molar-refractivity contribution is -0.151. The van der Waals surface area contributed by atoms with E-state index >= 15 is 0 Å². The summed E-state index contributed by atoms with van der Waals surface area (Å²) in [6.07, 6.45) is 7.34. The Labute approximate surface area is 310 Å². The molecule has 14 nitrogen and oxygen atoms in total. The summed E-state index contributed by atoms with van der Waals surface area (Å²) >= 11 is 0. The van der Waals surface area contributed by atoms with Crippen molar-refractivity contribution in [2.45, 2.75) is 83.9 Å². The molecule has 4 fully saturated rings. The summed E-state index contributed by atoms with van der Waals surface area (Å²) in [7, 11) is 4.80. The molecule has 288 valence electrons. The fourth-order valence-electron chi connectivity index (χ4n) is 7.65. The number of hydrogen-bond acceptors (Lipinski definition) is 12. The molecule has 3 N–H and O–H groups in total. The average Bonchev–Trinajstić information content (AvgIpc) is 4.00. The van der Waals surface area contributed by atoms with Gasteiger partial charge in [0.05, 0.1) is 50.3 Å². The first-order valence-corrected chi connectivity index (χ1v) is 18.5. The zero-order chi connectivity index (χ0) is 37.9. The normalized spacial score (nSPS) is 20.2. The predicted molar refractivity (Wildman–Crippen MR) is 195 cm³/mol. The van der Waals surface area contributed by atoms with Crippen LogP contribution in [0.1, 0.15) is 92.4 Å². The second-order valence-electron chi connectivity index (χ2n) is 14.9. The Kier molecular flexibility index (Phi) is 11.2. The number of anilines is 2. The van der Waals surface area contributed by atoms with Crippen molar-refractivity contribution < 1.29 is 47.6 Å². The molecule has 6 rings (SSSR count). The number of benzene rings is 2. The second-order valence-corrected chi connectivity index (χ2v) is 14.9. The number of nitrogens with one attached hydrogen (secondary N) is 1. The van der Waals surface area contributed by atoms with Crippen LogP contribution in [-0.4, -0.2) is 100.0 Å². The Morgan fingerprint density at radius 1 is 0.755 bits per heavy atom. The van der Waals surface area contributed by atoms with Gasteiger partial charge in [-0.15, -0.1) is 0 Å². The maximum absolute atomic E-state index is 13.8. The predicted octanol–water partition coefficient (Wildman–Crippen LogP) is 5.03. The van der Waals surface area contributed by atoms with Crippen LogP contribution in [0.4, 0.5) is 11.4 Å². The van der Waals surface area contributed by atoms with E-state index in [0.717, 1.165) is 51.4 Å². The van der Waals surface area contributed by atoms with E-state index in [-0.39, 0.29) is 41.3 Å². The van der Waals surface area contributed by atoms with Crippen molar-refractivity contribution >= 4 is 35.1 Å². The SMILES string of the molecule is CNc1cc(OCCCCCOc2cc(N)c(C(=O)N3CC4(CC4)C[C@H]3COC(C)=O)cc2OC)c(OC)cc1C(=O)N1CC2(CC2)C[C@H]1OC(C)=O. The Bertz CT molecular complexity index is 1720. The van der Waals surface area contributed by atoms with Crippen molar-refractivity contribution in [3.8, 4) is 23.0 Å². The summed E-state index contributed by atoms with van der Waals surface area (Å²) in [5, 5.41) is 3.11. The van der Waals surface area contributed by atoms with Gasteiger partial charge in [-0.25, -0.2) is 0 Å². The monoisotopic (exact) mass is 736 g/mol. The third kappa shape index (κ3) is 8.52. The minimum atomic E-state index is -0.580. The second kappa shape index (κ2) is 15.6. The number of carbonyl (C=O) groups excluding carboxylic acids is 4. The Hall–Kier alpha value is -4.88. The summed E-state index contributed by atoms with van der Waals surface area (Å²) in [5.41, 5.74) is 8.19. The van der Waals surface area contributed by atoms with Crippen molar-refractivity contribution in [2.75, 3.05) is 65.2 Å². The molecule has 2 saturated carbocycles. The molecule has 0 unspecified atom stereocenters. The maximum Gasteiger partial charge on any atom is 0.304 e. The first-order chi connectivity index (χ1) is 25.4. The van der Waals surface area contributed by atoms with Crippen LogP contribution in [0.2, 0.25) is 0 Å². The van der Waals surface area contributed by atoms with Gasteiger partial charge in [-0.3, -0.25) is 19.2 Å². The van der Waals surface area contributed by atoms with Crippen LogP contribution in [0.3, 0.4) is 0 Å². The van der Waals surface area contributed by atoms with Crippen LogP contribution >= 0.6 is 0 Å². The van der Waals surface area contributed by atoms with Crippen LogP contribution in [0.5, 0.6) is 23.0 Å². The molecule has 14 heteroatoms. The van der Waals surface area contributed by atoms with Gasteiger partial charge in [0.2, 0.25) is 0 Å². The Morgan fingerprint density at radius 3 is 1.89 bits per heavy atom. The number of amides is 2. The van der Waals surface area contributed by atoms with Gasteiger partial charge < -0.3 is 49.3 Å². The topological polar surface area (TPSA) is 168 Å². The smallest absolute Gasteiger partial charge is 0.304 e. The zero-order valence-corrected chi connectivity index (χ0v) is 31.4. The van der Waals surface area contributed by atoms with Crippen molar-refractivity contribution in [3.63, 3.8) is 0 Å². The van der Waals surface area contributed by atoms with Gasteiger partial charge in [-0.05, 0) is 74.3 Å². The van der Waals surface area contributed by atoms with Gasteiger partial charge in [0, 0.05) is 58.2 Å². The number of nitrogens with two attached hydrogens (primary N) is 1. The van der Waals surface area contributed by atoms with E-state index in [2.05, 4.69) is 5.32 Å². The highest BCUT2D eigenvalue weighted by Crippen LogP contribution is 2.56. The van der Waals surface area contributed by atoms with Gasteiger partial charge in [0.15, 0.2) is 29.2 Å². The van der Waals surface area contributed by atoms with Crippen LogP contribution < -0.4 is 30.0 Å². The van der Waals surface area contributed by atoms with E-state index < -0.39 is 12.2 Å². The summed E-state index contributed by atoms with van der Waals surface area (Å²) in [6.45, 7) is 4.90. The molecule has 2 aliphatic heterocycles. The largest absolute Gasteiger partial charge is 0.493 e. The van der Waals surface area contributed by atoms with Crippen molar-refractivity contribution in [1.82, 2.24) is 9.80 Å². The number of methoxy groups -OCH3 is 2. The van der Waals surface area contributed by atoms with E-state index in [4.69, 9.17) is 34.2 Å². The minimum Gasteiger partial charge on any atom is -0.493 e. The number of carbonyl (C=O) groups is 4. The number of esters is 2. The number of rotatable bonds is 16. The van der Waals surface area contributed by atoms with Gasteiger partial charge >= 0.3 is 11.9 Å². The Morgan fingerprint density at radius 2 is 1.32 bits per heavy atom. The third-order valence-electron chi connectivity index (χ3n) is 11.0. The molecule has 0 bridgehead atoms. The fourth-order valence-corrected chi connectivity index (χ4v) is 7.65. The summed E-state index contributed by atoms with van der Waals surface area (Å²) in [4.78, 5) is 54.1. The molecule has 2 heterocycles. The van der Waals surface area contributed by atoms with E-state index in [0.29, 0.717) is 78.2 Å². The lowest BCUT2D eigenvalue weighted by Gasteiger charge is -2.25. The van der Waals surface area contributed by atoms with E-state index in [1.807, 2.05) is 0 Å². The van der Waals surface area contributed by atoms with Gasteiger partial charge in [-0.1, -0.05) is 0 Å². The molecule has 2 aromatic rings. The molecule has 2 amide bonds. The highest BCUT2D eigenvalue weighted by Gasteiger charge is 2.55. The number of nitrogen functional groups attached to an aromatic ring is 1. The van der Waals surface area contributed by atoms with Gasteiger partial charge in [-0.2, -0.15) is 0 Å². The van der Waals surface area contributed by atoms with E-state index in [1.165, 1.54) is 28.1 Å². The molecule has 2 spiro atoms. The molecule has 2 atom stereocenters. The van der Waals surface area contributed by atoms with Crippen LogP contribution in [0.15, 0.2) is 24.3 Å². The fraction of sp³-hybridized carbons (Fsp3) is 0.590. The third-order valence-corrected chi connectivity index (χ3v) is 11.0. The van der Waals surface area contributed by atoms with E-state index in [1.54, 1.807) is 41.1 Å². The lowest BCUT2D eigenvalue weighted by atomic mass is 10.0. The number of hydrogen-bond donors (Lipinski definition) is 2. The number of likely N-dealkylation sites (tertiary alicyclic amines) is 2. The minimum absolute atomic E-state index is 0.0461. The molecule has 4 aliphatic rings. The highest BCUT2D eigenvalue weighted by atomic mass is 16.6. The number of nitrogens with zero attached hydrogens (tertiary/aromatic N) is 2. The quantitative estimate of drug-likeness (QED) is 0.134.